The van der Waals surface area contributed by atoms with Crippen molar-refractivity contribution in [2.45, 2.75) is 44.1 Å². The van der Waals surface area contributed by atoms with Crippen molar-refractivity contribution in [2.75, 3.05) is 20.3 Å². The molecule has 1 heterocycles. The molecule has 16 heavy (non-hydrogen) atoms. The molecule has 2 aliphatic rings. The Morgan fingerprint density at radius 3 is 2.50 bits per heavy atom. The van der Waals surface area contributed by atoms with Gasteiger partial charge < -0.3 is 14.6 Å². The summed E-state index contributed by atoms with van der Waals surface area (Å²) in [6, 6.07) is 0. The minimum absolute atomic E-state index is 0.247. The quantitative estimate of drug-likeness (QED) is 0.723. The Morgan fingerprint density at radius 1 is 1.19 bits per heavy atom. The van der Waals surface area contributed by atoms with Crippen LogP contribution < -0.4 is 0 Å². The van der Waals surface area contributed by atoms with E-state index in [0.717, 1.165) is 25.7 Å². The van der Waals surface area contributed by atoms with E-state index in [2.05, 4.69) is 0 Å². The maximum absolute atomic E-state index is 11.9. The van der Waals surface area contributed by atoms with Gasteiger partial charge in [0.1, 0.15) is 0 Å². The predicted octanol–water partition coefficient (Wildman–Crippen LogP) is 1.26. The van der Waals surface area contributed by atoms with E-state index in [1.165, 1.54) is 7.11 Å². The summed E-state index contributed by atoms with van der Waals surface area (Å²) in [5, 5.41) is 10.7. The van der Waals surface area contributed by atoms with Crippen molar-refractivity contribution in [3.05, 3.63) is 0 Å². The molecule has 0 aromatic heterocycles. The lowest BCUT2D eigenvalue weighted by atomic mass is 9.56. The Balaban J connectivity index is 2.21. The lowest BCUT2D eigenvalue weighted by molar-refractivity contribution is -0.190. The highest BCUT2D eigenvalue weighted by molar-refractivity contribution is 5.79. The number of methoxy groups -OCH3 is 1. The second-order valence-corrected chi connectivity index (χ2v) is 4.92. The third-order valence-corrected chi connectivity index (χ3v) is 4.21. The fraction of sp³-hybridized carbons (Fsp3) is 0.917. The number of rotatable bonds is 2. The Hall–Kier alpha value is -0.610. The summed E-state index contributed by atoms with van der Waals surface area (Å²) in [5.41, 5.74) is -1.58. The topological polar surface area (TPSA) is 55.8 Å². The average Bonchev–Trinajstić information content (AvgIpc) is 2.41. The highest BCUT2D eigenvalue weighted by Crippen LogP contribution is 2.53. The zero-order valence-electron chi connectivity index (χ0n) is 9.83. The van der Waals surface area contributed by atoms with Crippen LogP contribution in [0.4, 0.5) is 0 Å². The third kappa shape index (κ3) is 1.64. The van der Waals surface area contributed by atoms with Crippen LogP contribution in [0, 0.1) is 5.41 Å². The van der Waals surface area contributed by atoms with Crippen molar-refractivity contribution in [1.29, 1.82) is 0 Å². The van der Waals surface area contributed by atoms with Crippen LogP contribution in [0.1, 0.15) is 38.5 Å². The summed E-state index contributed by atoms with van der Waals surface area (Å²) >= 11 is 0. The molecule has 1 aliphatic heterocycles. The largest absolute Gasteiger partial charge is 0.469 e. The Kier molecular flexibility index (Phi) is 3.22. The van der Waals surface area contributed by atoms with Gasteiger partial charge in [-0.05, 0) is 25.7 Å². The molecule has 0 aromatic carbocycles. The Bertz CT molecular complexity index is 262. The normalized spacial score (nSPS) is 33.6. The van der Waals surface area contributed by atoms with Crippen molar-refractivity contribution >= 4 is 5.97 Å². The summed E-state index contributed by atoms with van der Waals surface area (Å²) < 4.78 is 10.2. The first kappa shape index (κ1) is 11.9. The number of hydrogen-bond donors (Lipinski definition) is 1. The first-order valence-corrected chi connectivity index (χ1v) is 6.03. The SMILES string of the molecule is COC(=O)C1(C2(O)CCCOCC2)CCC1. The molecule has 0 amide bonds. The summed E-state index contributed by atoms with van der Waals surface area (Å²) in [7, 11) is 1.40. The fourth-order valence-electron chi connectivity index (χ4n) is 3.00. The minimum Gasteiger partial charge on any atom is -0.469 e. The Labute approximate surface area is 95.9 Å². The predicted molar refractivity (Wildman–Crippen MR) is 57.9 cm³/mol. The molecule has 1 saturated carbocycles. The van der Waals surface area contributed by atoms with Gasteiger partial charge in [-0.15, -0.1) is 0 Å². The van der Waals surface area contributed by atoms with Crippen LogP contribution in [0.5, 0.6) is 0 Å². The van der Waals surface area contributed by atoms with Gasteiger partial charge in [-0.2, -0.15) is 0 Å². The molecular formula is C12H20O4. The van der Waals surface area contributed by atoms with Crippen LogP contribution in [-0.4, -0.2) is 37.0 Å². The number of aliphatic hydroxyl groups is 1. The standard InChI is InChI=1S/C12H20O4/c1-15-10(13)11(4-2-5-11)12(14)6-3-8-16-9-7-12/h14H,2-9H2,1H3. The minimum atomic E-state index is -0.922. The molecule has 1 atom stereocenters. The van der Waals surface area contributed by atoms with Crippen molar-refractivity contribution in [2.24, 2.45) is 5.41 Å². The maximum Gasteiger partial charge on any atom is 0.314 e. The Morgan fingerprint density at radius 2 is 1.94 bits per heavy atom. The number of esters is 1. The van der Waals surface area contributed by atoms with Crippen LogP contribution in [0.2, 0.25) is 0 Å². The van der Waals surface area contributed by atoms with Crippen molar-refractivity contribution in [3.8, 4) is 0 Å². The molecule has 1 unspecified atom stereocenters. The van der Waals surface area contributed by atoms with Gasteiger partial charge in [-0.3, -0.25) is 4.79 Å². The van der Waals surface area contributed by atoms with E-state index >= 15 is 0 Å². The highest BCUT2D eigenvalue weighted by Gasteiger charge is 2.59. The average molecular weight is 228 g/mol. The first-order chi connectivity index (χ1) is 7.65. The van der Waals surface area contributed by atoms with Gasteiger partial charge in [0, 0.05) is 19.6 Å². The monoisotopic (exact) mass is 228 g/mol. The molecule has 0 bridgehead atoms. The highest BCUT2D eigenvalue weighted by atomic mass is 16.5. The van der Waals surface area contributed by atoms with E-state index in [9.17, 15) is 9.90 Å². The van der Waals surface area contributed by atoms with Gasteiger partial charge in [-0.1, -0.05) is 6.42 Å². The van der Waals surface area contributed by atoms with Crippen molar-refractivity contribution in [3.63, 3.8) is 0 Å². The van der Waals surface area contributed by atoms with Crippen LogP contribution in [0.25, 0.3) is 0 Å². The molecule has 2 rings (SSSR count). The molecular weight excluding hydrogens is 208 g/mol. The van der Waals surface area contributed by atoms with Gasteiger partial charge in [0.25, 0.3) is 0 Å². The second kappa shape index (κ2) is 4.34. The molecule has 0 radical (unpaired) electrons. The smallest absolute Gasteiger partial charge is 0.314 e. The van der Waals surface area contributed by atoms with E-state index in [1.807, 2.05) is 0 Å². The molecule has 2 fully saturated rings. The number of ether oxygens (including phenoxy) is 2. The first-order valence-electron chi connectivity index (χ1n) is 6.03. The number of carbonyl (C=O) groups excluding carboxylic acids is 1. The van der Waals surface area contributed by atoms with Crippen molar-refractivity contribution in [1.82, 2.24) is 0 Å². The van der Waals surface area contributed by atoms with Crippen LogP contribution in [0.3, 0.4) is 0 Å². The lowest BCUT2D eigenvalue weighted by Crippen LogP contribution is -2.57. The van der Waals surface area contributed by atoms with E-state index in [4.69, 9.17) is 9.47 Å². The van der Waals surface area contributed by atoms with E-state index < -0.39 is 11.0 Å². The van der Waals surface area contributed by atoms with Gasteiger partial charge in [0.05, 0.1) is 18.1 Å². The molecule has 1 saturated heterocycles. The number of carbonyl (C=O) groups is 1. The molecule has 92 valence electrons. The second-order valence-electron chi connectivity index (χ2n) is 4.92. The zero-order chi connectivity index (χ0) is 11.6. The van der Waals surface area contributed by atoms with E-state index in [-0.39, 0.29) is 5.97 Å². The molecule has 1 N–H and O–H groups in total. The van der Waals surface area contributed by atoms with Crippen LogP contribution in [0.15, 0.2) is 0 Å². The molecule has 0 spiro atoms. The fourth-order valence-corrected chi connectivity index (χ4v) is 3.00. The van der Waals surface area contributed by atoms with E-state index in [0.29, 0.717) is 26.1 Å². The molecule has 1 aliphatic carbocycles. The molecule has 0 aromatic rings. The van der Waals surface area contributed by atoms with E-state index in [1.54, 1.807) is 0 Å². The van der Waals surface area contributed by atoms with Gasteiger partial charge in [-0.25, -0.2) is 0 Å². The van der Waals surface area contributed by atoms with Crippen molar-refractivity contribution < 1.29 is 19.4 Å². The molecule has 4 nitrogen and oxygen atoms in total. The van der Waals surface area contributed by atoms with Gasteiger partial charge in [0.15, 0.2) is 0 Å². The number of hydrogen-bond acceptors (Lipinski definition) is 4. The summed E-state index contributed by atoms with van der Waals surface area (Å²) in [6.07, 6.45) is 4.49. The van der Waals surface area contributed by atoms with Crippen LogP contribution in [-0.2, 0) is 14.3 Å². The summed E-state index contributed by atoms with van der Waals surface area (Å²) in [6.45, 7) is 1.22. The summed E-state index contributed by atoms with van der Waals surface area (Å²) in [5.74, 6) is -0.247. The maximum atomic E-state index is 11.9. The van der Waals surface area contributed by atoms with Gasteiger partial charge in [0.2, 0.25) is 0 Å². The zero-order valence-corrected chi connectivity index (χ0v) is 9.83. The van der Waals surface area contributed by atoms with Crippen LogP contribution >= 0.6 is 0 Å². The molecule has 4 heteroatoms. The summed E-state index contributed by atoms with van der Waals surface area (Å²) in [4.78, 5) is 11.9. The lowest BCUT2D eigenvalue weighted by Gasteiger charge is -2.50. The van der Waals surface area contributed by atoms with Gasteiger partial charge >= 0.3 is 5.97 Å². The third-order valence-electron chi connectivity index (χ3n) is 4.21.